The molecule has 13 heteroatoms. The number of carbonyl (C=O) groups excluding carboxylic acids is 6. The zero-order valence-corrected chi connectivity index (χ0v) is 22.3. The Balaban J connectivity index is 2.08. The van der Waals surface area contributed by atoms with Gasteiger partial charge in [0.2, 0.25) is 17.7 Å². The van der Waals surface area contributed by atoms with E-state index in [0.717, 1.165) is 12.8 Å². The third kappa shape index (κ3) is 8.68. The van der Waals surface area contributed by atoms with E-state index in [0.29, 0.717) is 19.4 Å². The molecule has 0 bridgehead atoms. The minimum absolute atomic E-state index is 0.0787. The Morgan fingerprint density at radius 3 is 2.17 bits per heavy atom. The molecule has 1 aliphatic heterocycles. The van der Waals surface area contributed by atoms with Crippen LogP contribution >= 0.6 is 11.8 Å². The zero-order chi connectivity index (χ0) is 27.2. The number of rotatable bonds is 11. The summed E-state index contributed by atoms with van der Waals surface area (Å²) in [6, 6.07) is -2.60. The number of amides is 6. The van der Waals surface area contributed by atoms with Crippen LogP contribution in [0.25, 0.3) is 0 Å². The van der Waals surface area contributed by atoms with Crippen LogP contribution in [0.1, 0.15) is 60.3 Å². The highest BCUT2D eigenvalue weighted by Gasteiger charge is 2.43. The molecular formula is C23H38N6O6S. The Kier molecular flexibility index (Phi) is 10.1. The van der Waals surface area contributed by atoms with Crippen molar-refractivity contribution in [3.8, 4) is 0 Å². The maximum atomic E-state index is 13.5. The molecule has 2 fully saturated rings. The minimum atomic E-state index is -1.13. The number of carbonyl (C=O) groups is 6. The van der Waals surface area contributed by atoms with Gasteiger partial charge < -0.3 is 31.9 Å². The Bertz CT molecular complexity index is 885. The van der Waals surface area contributed by atoms with Gasteiger partial charge in [-0.15, -0.1) is 11.8 Å². The number of hydrogen-bond donors (Lipinski definition) is 5. The summed E-state index contributed by atoms with van der Waals surface area (Å²) in [6.07, 6.45) is 2.71. The highest BCUT2D eigenvalue weighted by molar-refractivity contribution is 8.01. The molecule has 1 saturated carbocycles. The maximum Gasteiger partial charge on any atom is 0.315 e. The predicted octanol–water partition coefficient (Wildman–Crippen LogP) is -0.392. The molecule has 202 valence electrons. The van der Waals surface area contributed by atoms with Gasteiger partial charge in [0.15, 0.2) is 0 Å². The van der Waals surface area contributed by atoms with Crippen molar-refractivity contribution in [2.24, 2.45) is 11.1 Å². The standard InChI is InChI=1S/C23H38N6O6S/c1-12(2)26-15(30)11-25-22(35)27-17(23(3,4)5)21(34)29-10-6-7-14(29)19(33)28-20(16(31)18(24)32)36-13-8-9-13/h12-14,17,20H,6-11H2,1-5H3,(H2,24,32)(H,26,30)(H,28,33)(H2,25,27,35). The van der Waals surface area contributed by atoms with E-state index >= 15 is 0 Å². The van der Waals surface area contributed by atoms with Crippen LogP contribution in [0.4, 0.5) is 4.79 Å². The molecule has 1 heterocycles. The van der Waals surface area contributed by atoms with Crippen molar-refractivity contribution >= 4 is 47.2 Å². The summed E-state index contributed by atoms with van der Waals surface area (Å²) in [6.45, 7) is 8.98. The molecule has 0 aromatic carbocycles. The monoisotopic (exact) mass is 526 g/mol. The summed E-state index contributed by atoms with van der Waals surface area (Å²) >= 11 is 1.19. The summed E-state index contributed by atoms with van der Waals surface area (Å²) in [5, 5.41) is 9.42. The molecule has 12 nitrogen and oxygen atoms in total. The lowest BCUT2D eigenvalue weighted by Crippen LogP contribution is -2.60. The third-order valence-corrected chi connectivity index (χ3v) is 7.15. The first-order valence-corrected chi connectivity index (χ1v) is 13.1. The topological polar surface area (TPSA) is 180 Å². The smallest absolute Gasteiger partial charge is 0.315 e. The number of urea groups is 1. The molecule has 0 radical (unpaired) electrons. The van der Waals surface area contributed by atoms with Crippen LogP contribution in [0, 0.1) is 5.41 Å². The van der Waals surface area contributed by atoms with Crippen LogP contribution in [0.15, 0.2) is 0 Å². The van der Waals surface area contributed by atoms with E-state index < -0.39 is 52.4 Å². The van der Waals surface area contributed by atoms with E-state index in [1.165, 1.54) is 16.7 Å². The number of nitrogens with one attached hydrogen (secondary N) is 4. The summed E-state index contributed by atoms with van der Waals surface area (Å²) in [4.78, 5) is 76.0. The molecule has 1 aliphatic carbocycles. The Morgan fingerprint density at radius 2 is 1.64 bits per heavy atom. The first kappa shape index (κ1) is 29.4. The van der Waals surface area contributed by atoms with Crippen molar-refractivity contribution in [1.29, 1.82) is 0 Å². The van der Waals surface area contributed by atoms with Crippen molar-refractivity contribution in [3.63, 3.8) is 0 Å². The number of ketones is 1. The van der Waals surface area contributed by atoms with Gasteiger partial charge in [-0.05, 0) is 44.9 Å². The third-order valence-electron chi connectivity index (χ3n) is 5.69. The van der Waals surface area contributed by atoms with Crippen LogP contribution in [-0.4, -0.2) is 82.2 Å². The van der Waals surface area contributed by atoms with Gasteiger partial charge in [-0.3, -0.25) is 24.0 Å². The quantitative estimate of drug-likeness (QED) is 0.180. The molecule has 0 aromatic rings. The van der Waals surface area contributed by atoms with Crippen LogP contribution in [0.3, 0.4) is 0 Å². The molecule has 0 aromatic heterocycles. The normalized spacial score (nSPS) is 19.3. The van der Waals surface area contributed by atoms with E-state index in [1.807, 2.05) is 0 Å². The number of Topliss-reactive ketones (excluding diaryl/α,β-unsaturated/α-hetero) is 1. The SMILES string of the molecule is CC(C)NC(=O)CNC(=O)NC(C(=O)N1CCCC1C(=O)NC(SC1CC1)C(=O)C(N)=O)C(C)(C)C. The van der Waals surface area contributed by atoms with Crippen LogP contribution < -0.4 is 27.0 Å². The second kappa shape index (κ2) is 12.4. The lowest BCUT2D eigenvalue weighted by Gasteiger charge is -2.35. The maximum absolute atomic E-state index is 13.5. The Hall–Kier alpha value is -2.83. The van der Waals surface area contributed by atoms with Crippen molar-refractivity contribution in [2.45, 2.75) is 89.1 Å². The van der Waals surface area contributed by atoms with E-state index in [4.69, 9.17) is 5.73 Å². The largest absolute Gasteiger partial charge is 0.363 e. The molecule has 6 N–H and O–H groups in total. The van der Waals surface area contributed by atoms with E-state index in [-0.39, 0.29) is 23.7 Å². The van der Waals surface area contributed by atoms with Crippen LogP contribution in [0.5, 0.6) is 0 Å². The number of primary amides is 1. The van der Waals surface area contributed by atoms with Gasteiger partial charge in [-0.2, -0.15) is 0 Å². The Labute approximate surface area is 215 Å². The molecule has 1 saturated heterocycles. The second-order valence-corrected chi connectivity index (χ2v) is 11.9. The second-order valence-electron chi connectivity index (χ2n) is 10.5. The van der Waals surface area contributed by atoms with Gasteiger partial charge in [0.25, 0.3) is 11.7 Å². The molecule has 6 amide bonds. The first-order valence-electron chi connectivity index (χ1n) is 12.1. The fourth-order valence-electron chi connectivity index (χ4n) is 3.75. The molecule has 3 unspecified atom stereocenters. The first-order chi connectivity index (χ1) is 16.7. The molecular weight excluding hydrogens is 488 g/mol. The summed E-state index contributed by atoms with van der Waals surface area (Å²) in [5.41, 5.74) is 4.45. The highest BCUT2D eigenvalue weighted by Crippen LogP contribution is 2.36. The average molecular weight is 527 g/mol. The molecule has 2 rings (SSSR count). The van der Waals surface area contributed by atoms with Gasteiger partial charge in [-0.1, -0.05) is 20.8 Å². The van der Waals surface area contributed by atoms with Gasteiger partial charge >= 0.3 is 6.03 Å². The number of hydrogen-bond acceptors (Lipinski definition) is 7. The van der Waals surface area contributed by atoms with Crippen molar-refractivity contribution in [1.82, 2.24) is 26.2 Å². The van der Waals surface area contributed by atoms with Gasteiger partial charge in [0.05, 0.1) is 6.54 Å². The number of likely N-dealkylation sites (tertiary alicyclic amines) is 1. The lowest BCUT2D eigenvalue weighted by atomic mass is 9.85. The number of nitrogens with zero attached hydrogens (tertiary/aromatic N) is 1. The lowest BCUT2D eigenvalue weighted by molar-refractivity contribution is -0.142. The molecule has 3 atom stereocenters. The van der Waals surface area contributed by atoms with Gasteiger partial charge in [0, 0.05) is 17.8 Å². The van der Waals surface area contributed by atoms with Crippen LogP contribution in [-0.2, 0) is 24.0 Å². The minimum Gasteiger partial charge on any atom is -0.363 e. The summed E-state index contributed by atoms with van der Waals surface area (Å²) in [5.74, 6) is -3.37. The number of nitrogens with two attached hydrogens (primary N) is 1. The van der Waals surface area contributed by atoms with Crippen molar-refractivity contribution in [3.05, 3.63) is 0 Å². The van der Waals surface area contributed by atoms with Crippen molar-refractivity contribution in [2.75, 3.05) is 13.1 Å². The van der Waals surface area contributed by atoms with E-state index in [1.54, 1.807) is 34.6 Å². The molecule has 2 aliphatic rings. The summed E-state index contributed by atoms with van der Waals surface area (Å²) < 4.78 is 0. The fourth-order valence-corrected chi connectivity index (χ4v) is 4.96. The Morgan fingerprint density at radius 1 is 1.00 bits per heavy atom. The fraction of sp³-hybridized carbons (Fsp3) is 0.739. The number of thioether (sulfide) groups is 1. The summed E-state index contributed by atoms with van der Waals surface area (Å²) in [7, 11) is 0. The molecule has 0 spiro atoms. The average Bonchev–Trinajstić information content (AvgIpc) is 3.44. The predicted molar refractivity (Wildman–Crippen MR) is 135 cm³/mol. The van der Waals surface area contributed by atoms with Gasteiger partial charge in [0.1, 0.15) is 17.5 Å². The van der Waals surface area contributed by atoms with Crippen molar-refractivity contribution < 1.29 is 28.8 Å². The van der Waals surface area contributed by atoms with Gasteiger partial charge in [-0.25, -0.2) is 4.79 Å². The van der Waals surface area contributed by atoms with E-state index in [2.05, 4.69) is 21.3 Å². The zero-order valence-electron chi connectivity index (χ0n) is 21.5. The molecule has 36 heavy (non-hydrogen) atoms. The van der Waals surface area contributed by atoms with E-state index in [9.17, 15) is 28.8 Å². The van der Waals surface area contributed by atoms with Crippen LogP contribution in [0.2, 0.25) is 0 Å². The highest BCUT2D eigenvalue weighted by atomic mass is 32.2.